The van der Waals surface area contributed by atoms with Crippen LogP contribution in [0, 0.1) is 11.6 Å². The molecule has 2 aliphatic heterocycles. The van der Waals surface area contributed by atoms with Gasteiger partial charge in [0.1, 0.15) is 17.6 Å². The van der Waals surface area contributed by atoms with Crippen LogP contribution in [0.5, 0.6) is 0 Å². The van der Waals surface area contributed by atoms with Gasteiger partial charge in [0.15, 0.2) is 11.6 Å². The van der Waals surface area contributed by atoms with Crippen molar-refractivity contribution in [2.45, 2.75) is 32.0 Å². The van der Waals surface area contributed by atoms with Gasteiger partial charge >= 0.3 is 13.7 Å². The molecule has 228 valence electrons. The summed E-state index contributed by atoms with van der Waals surface area (Å²) < 4.78 is 63.3. The number of amides is 2. The standard InChI is InChI=1S/C30H33F2N4O6P/c1-21(37)34-16-25-18-36(30(38)42-25)24-14-26(31)29(27(32)15-24)35-13-12-33-17-28(35)43(39,40-19-22-8-4-2-5-9-22)41-20-23-10-6-3-7-11-23/h2-11,14-15,25,28,33H,12-13,16-20H2,1H3,(H,34,37). The van der Waals surface area contributed by atoms with Gasteiger partial charge < -0.3 is 29.3 Å². The van der Waals surface area contributed by atoms with Crippen LogP contribution in [0.3, 0.4) is 0 Å². The second-order valence-electron chi connectivity index (χ2n) is 10.2. The van der Waals surface area contributed by atoms with E-state index in [2.05, 4.69) is 10.6 Å². The van der Waals surface area contributed by atoms with Gasteiger partial charge in [-0.3, -0.25) is 14.3 Å². The van der Waals surface area contributed by atoms with Crippen LogP contribution < -0.4 is 20.4 Å². The molecule has 0 aromatic heterocycles. The first-order valence-electron chi connectivity index (χ1n) is 13.9. The van der Waals surface area contributed by atoms with Crippen molar-refractivity contribution in [2.75, 3.05) is 42.5 Å². The molecule has 0 radical (unpaired) electrons. The third-order valence-corrected chi connectivity index (χ3v) is 9.31. The minimum Gasteiger partial charge on any atom is -0.442 e. The summed E-state index contributed by atoms with van der Waals surface area (Å²) in [7, 11) is -4.04. The molecule has 0 bridgehead atoms. The van der Waals surface area contributed by atoms with Gasteiger partial charge in [0.25, 0.3) is 0 Å². The summed E-state index contributed by atoms with van der Waals surface area (Å²) in [5, 5.41) is 5.71. The molecule has 3 aromatic carbocycles. The molecule has 2 atom stereocenters. The lowest BCUT2D eigenvalue weighted by atomic mass is 10.2. The summed E-state index contributed by atoms with van der Waals surface area (Å²) in [5.74, 6) is -3.24. The van der Waals surface area contributed by atoms with Crippen LogP contribution in [0.1, 0.15) is 18.1 Å². The molecular formula is C30H33F2N4O6P. The third kappa shape index (κ3) is 7.40. The van der Waals surface area contributed by atoms with Gasteiger partial charge in [-0.05, 0) is 11.1 Å². The maximum atomic E-state index is 15.8. The Morgan fingerprint density at radius 3 is 2.16 bits per heavy atom. The maximum absolute atomic E-state index is 15.8. The number of benzene rings is 3. The van der Waals surface area contributed by atoms with E-state index in [4.69, 9.17) is 13.8 Å². The van der Waals surface area contributed by atoms with E-state index in [0.717, 1.165) is 28.2 Å². The van der Waals surface area contributed by atoms with E-state index in [1.807, 2.05) is 60.7 Å². The number of hydrogen-bond donors (Lipinski definition) is 2. The first-order valence-corrected chi connectivity index (χ1v) is 15.5. The summed E-state index contributed by atoms with van der Waals surface area (Å²) in [5.41, 5.74) is 1.09. The first-order chi connectivity index (χ1) is 20.7. The Morgan fingerprint density at radius 1 is 1.02 bits per heavy atom. The van der Waals surface area contributed by atoms with Crippen molar-refractivity contribution >= 4 is 31.0 Å². The SMILES string of the molecule is CC(=O)NCC1CN(c2cc(F)c(N3CCNCC3P(=O)(OCc3ccccc3)OCc3ccccc3)c(F)c2)C(=O)O1. The minimum absolute atomic E-state index is 0.00343. The number of rotatable bonds is 11. The zero-order valence-corrected chi connectivity index (χ0v) is 24.5. The van der Waals surface area contributed by atoms with E-state index in [0.29, 0.717) is 6.54 Å². The lowest BCUT2D eigenvalue weighted by Gasteiger charge is -2.41. The smallest absolute Gasteiger partial charge is 0.414 e. The van der Waals surface area contributed by atoms with Crippen LogP contribution in [-0.4, -0.2) is 56.6 Å². The summed E-state index contributed by atoms with van der Waals surface area (Å²) >= 11 is 0. The molecule has 2 amide bonds. The highest BCUT2D eigenvalue weighted by molar-refractivity contribution is 7.54. The van der Waals surface area contributed by atoms with Gasteiger partial charge in [-0.1, -0.05) is 60.7 Å². The fourth-order valence-electron chi connectivity index (χ4n) is 5.00. The van der Waals surface area contributed by atoms with Crippen molar-refractivity contribution in [1.82, 2.24) is 10.6 Å². The average Bonchev–Trinajstić information content (AvgIpc) is 3.39. The molecule has 2 unspecified atom stereocenters. The van der Waals surface area contributed by atoms with Crippen LogP contribution >= 0.6 is 7.60 Å². The highest BCUT2D eigenvalue weighted by Gasteiger charge is 2.44. The van der Waals surface area contributed by atoms with E-state index in [1.54, 1.807) is 0 Å². The fraction of sp³-hybridized carbons (Fsp3) is 0.333. The van der Waals surface area contributed by atoms with Gasteiger partial charge in [0.05, 0.1) is 32.0 Å². The molecule has 43 heavy (non-hydrogen) atoms. The first kappa shape index (κ1) is 30.6. The number of cyclic esters (lactones) is 1. The highest BCUT2D eigenvalue weighted by atomic mass is 31.2. The molecule has 5 rings (SSSR count). The van der Waals surface area contributed by atoms with Gasteiger partial charge in [-0.25, -0.2) is 13.6 Å². The summed E-state index contributed by atoms with van der Waals surface area (Å²) in [6, 6.07) is 20.4. The molecule has 3 aromatic rings. The van der Waals surface area contributed by atoms with E-state index in [-0.39, 0.29) is 51.0 Å². The second-order valence-corrected chi connectivity index (χ2v) is 12.4. The number of hydrogen-bond acceptors (Lipinski definition) is 8. The molecule has 0 saturated carbocycles. The minimum atomic E-state index is -4.04. The average molecular weight is 615 g/mol. The zero-order chi connectivity index (χ0) is 30.4. The van der Waals surface area contributed by atoms with E-state index in [9.17, 15) is 14.2 Å². The molecular weight excluding hydrogens is 581 g/mol. The third-order valence-electron chi connectivity index (χ3n) is 7.14. The molecule has 2 aliphatic rings. The predicted octanol–water partition coefficient (Wildman–Crippen LogP) is 4.79. The Balaban J connectivity index is 1.41. The molecule has 13 heteroatoms. The van der Waals surface area contributed by atoms with Gasteiger partial charge in [0.2, 0.25) is 5.91 Å². The molecule has 2 saturated heterocycles. The zero-order valence-electron chi connectivity index (χ0n) is 23.6. The van der Waals surface area contributed by atoms with Crippen molar-refractivity contribution in [3.8, 4) is 0 Å². The number of piperazine rings is 1. The van der Waals surface area contributed by atoms with Crippen LogP contribution in [0.15, 0.2) is 72.8 Å². The van der Waals surface area contributed by atoms with Crippen molar-refractivity contribution < 1.29 is 36.7 Å². The molecule has 0 aliphatic carbocycles. The number of nitrogens with zero attached hydrogens (tertiary/aromatic N) is 2. The van der Waals surface area contributed by atoms with E-state index < -0.39 is 42.9 Å². The largest absolute Gasteiger partial charge is 0.442 e. The Hall–Kier alpha value is -3.83. The maximum Gasteiger partial charge on any atom is 0.414 e. The lowest BCUT2D eigenvalue weighted by molar-refractivity contribution is -0.119. The van der Waals surface area contributed by atoms with Gasteiger partial charge in [0, 0.05) is 38.7 Å². The van der Waals surface area contributed by atoms with Gasteiger partial charge in [-0.2, -0.15) is 0 Å². The number of ether oxygens (including phenoxy) is 1. The number of carbonyl (C=O) groups is 2. The molecule has 2 N–H and O–H groups in total. The molecule has 2 fully saturated rings. The number of anilines is 2. The van der Waals surface area contributed by atoms with Crippen LogP contribution in [-0.2, 0) is 36.4 Å². The molecule has 2 heterocycles. The number of halogens is 2. The van der Waals surface area contributed by atoms with Crippen LogP contribution in [0.2, 0.25) is 0 Å². The van der Waals surface area contributed by atoms with Gasteiger partial charge in [-0.15, -0.1) is 0 Å². The van der Waals surface area contributed by atoms with Crippen molar-refractivity contribution in [3.05, 3.63) is 95.6 Å². The Morgan fingerprint density at radius 2 is 1.60 bits per heavy atom. The highest BCUT2D eigenvalue weighted by Crippen LogP contribution is 2.57. The van der Waals surface area contributed by atoms with E-state index >= 15 is 8.78 Å². The summed E-state index contributed by atoms with van der Waals surface area (Å²) in [4.78, 5) is 26.2. The Labute approximate surface area is 248 Å². The van der Waals surface area contributed by atoms with Crippen LogP contribution in [0.25, 0.3) is 0 Å². The number of nitrogens with one attached hydrogen (secondary N) is 2. The Kier molecular flexibility index (Phi) is 9.72. The Bertz CT molecular complexity index is 1410. The van der Waals surface area contributed by atoms with Crippen LogP contribution in [0.4, 0.5) is 25.0 Å². The van der Waals surface area contributed by atoms with Crippen molar-refractivity contribution in [1.29, 1.82) is 0 Å². The monoisotopic (exact) mass is 614 g/mol. The number of carbonyl (C=O) groups excluding carboxylic acids is 2. The van der Waals surface area contributed by atoms with Crippen molar-refractivity contribution in [2.24, 2.45) is 0 Å². The normalized spacial score (nSPS) is 18.9. The second kappa shape index (κ2) is 13.6. The van der Waals surface area contributed by atoms with Crippen molar-refractivity contribution in [3.63, 3.8) is 0 Å². The lowest BCUT2D eigenvalue weighted by Crippen LogP contribution is -2.52. The molecule has 10 nitrogen and oxygen atoms in total. The van der Waals surface area contributed by atoms with E-state index in [1.165, 1.54) is 11.8 Å². The fourth-order valence-corrected chi connectivity index (χ4v) is 7.00. The molecule has 0 spiro atoms. The quantitative estimate of drug-likeness (QED) is 0.297. The predicted molar refractivity (Wildman–Crippen MR) is 157 cm³/mol. The summed E-state index contributed by atoms with van der Waals surface area (Å²) in [6.07, 6.45) is -1.45. The topological polar surface area (TPSA) is 109 Å². The summed E-state index contributed by atoms with van der Waals surface area (Å²) in [6.45, 7) is 1.93.